The van der Waals surface area contributed by atoms with E-state index >= 15 is 0 Å². The van der Waals surface area contributed by atoms with Crippen molar-refractivity contribution < 1.29 is 24.5 Å². The second kappa shape index (κ2) is 11.4. The van der Waals surface area contributed by atoms with Gasteiger partial charge in [0.05, 0.1) is 7.11 Å². The lowest BCUT2D eigenvalue weighted by Crippen LogP contribution is -2.50. The van der Waals surface area contributed by atoms with Crippen LogP contribution in [0.2, 0.25) is 0 Å². The largest absolute Gasteiger partial charge is 0.496 e. The van der Waals surface area contributed by atoms with Crippen molar-refractivity contribution in [2.75, 3.05) is 33.3 Å². The van der Waals surface area contributed by atoms with Gasteiger partial charge in [-0.2, -0.15) is 0 Å². The number of hydrogen-bond donors (Lipinski definition) is 2. The molecule has 0 bridgehead atoms. The first-order valence-corrected chi connectivity index (χ1v) is 10.4. The van der Waals surface area contributed by atoms with Crippen LogP contribution in [0.4, 0.5) is 0 Å². The molecule has 1 heterocycles. The van der Waals surface area contributed by atoms with Crippen LogP contribution in [0.15, 0.2) is 22.7 Å². The topological polar surface area (TPSA) is 90.3 Å². The molecule has 2 aliphatic rings. The molecule has 1 saturated heterocycles. The first kappa shape index (κ1) is 22.6. The number of ether oxygens (including phenoxy) is 1. The van der Waals surface area contributed by atoms with Gasteiger partial charge >= 0.3 is 11.9 Å². The van der Waals surface area contributed by atoms with Gasteiger partial charge in [0.25, 0.3) is 0 Å². The Kier molecular flexibility index (Phi) is 9.21. The van der Waals surface area contributed by atoms with E-state index in [0.29, 0.717) is 0 Å². The van der Waals surface area contributed by atoms with Gasteiger partial charge in [-0.25, -0.2) is 9.59 Å². The fraction of sp³-hybridized carbons (Fsp3) is 0.600. The van der Waals surface area contributed by atoms with Gasteiger partial charge in [-0.3, -0.25) is 9.80 Å². The highest BCUT2D eigenvalue weighted by Gasteiger charge is 2.25. The summed E-state index contributed by atoms with van der Waals surface area (Å²) < 4.78 is 6.63. The first-order valence-electron chi connectivity index (χ1n) is 9.65. The minimum atomic E-state index is -1.82. The average molecular weight is 457 g/mol. The lowest BCUT2D eigenvalue weighted by atomic mass is 9.94. The number of nitrogens with zero attached hydrogens (tertiary/aromatic N) is 2. The Morgan fingerprint density at radius 1 is 1.07 bits per heavy atom. The van der Waals surface area contributed by atoms with Crippen molar-refractivity contribution in [3.63, 3.8) is 0 Å². The van der Waals surface area contributed by atoms with Gasteiger partial charge in [-0.1, -0.05) is 35.2 Å². The predicted molar refractivity (Wildman–Crippen MR) is 110 cm³/mol. The Bertz CT molecular complexity index is 644. The summed E-state index contributed by atoms with van der Waals surface area (Å²) in [7, 11) is 1.76. The molecule has 0 spiro atoms. The van der Waals surface area contributed by atoms with E-state index in [2.05, 4.69) is 37.9 Å². The number of halogens is 1. The van der Waals surface area contributed by atoms with Gasteiger partial charge in [0.1, 0.15) is 5.75 Å². The van der Waals surface area contributed by atoms with E-state index in [0.717, 1.165) is 22.8 Å². The van der Waals surface area contributed by atoms with Crippen LogP contribution in [0.5, 0.6) is 5.75 Å². The summed E-state index contributed by atoms with van der Waals surface area (Å²) >= 11 is 3.57. The molecule has 1 aromatic rings. The fourth-order valence-electron chi connectivity index (χ4n) is 3.84. The van der Waals surface area contributed by atoms with Crippen molar-refractivity contribution in [3.05, 3.63) is 28.2 Å². The summed E-state index contributed by atoms with van der Waals surface area (Å²) in [6.45, 7) is 5.78. The van der Waals surface area contributed by atoms with Crippen LogP contribution in [-0.2, 0) is 16.1 Å². The standard InChI is InChI=1S/C18H27BrN2O.C2H2O4/c1-22-18-8-7-16(19)13-15(18)14-20-9-11-21(12-10-20)17-5-3-2-4-6-17;3-1(4)2(5)6/h7-8,13,17H,2-6,9-12,14H2,1H3;(H,3,4)(H,5,6). The molecule has 8 heteroatoms. The number of hydrogen-bond acceptors (Lipinski definition) is 5. The van der Waals surface area contributed by atoms with Gasteiger partial charge in [0, 0.05) is 48.8 Å². The Hall–Kier alpha value is -1.64. The van der Waals surface area contributed by atoms with Crippen LogP contribution >= 0.6 is 15.9 Å². The second-order valence-electron chi connectivity index (χ2n) is 7.17. The van der Waals surface area contributed by atoms with Crippen molar-refractivity contribution in [3.8, 4) is 5.75 Å². The summed E-state index contributed by atoms with van der Waals surface area (Å²) in [4.78, 5) is 23.5. The van der Waals surface area contributed by atoms with E-state index in [1.807, 2.05) is 6.07 Å². The molecule has 1 aromatic carbocycles. The van der Waals surface area contributed by atoms with Gasteiger partial charge in [-0.05, 0) is 31.0 Å². The number of aliphatic carboxylic acids is 2. The van der Waals surface area contributed by atoms with Crippen LogP contribution in [0.1, 0.15) is 37.7 Å². The van der Waals surface area contributed by atoms with Crippen molar-refractivity contribution in [2.24, 2.45) is 0 Å². The maximum Gasteiger partial charge on any atom is 0.414 e. The monoisotopic (exact) mass is 456 g/mol. The Balaban J connectivity index is 0.000000409. The number of rotatable bonds is 4. The summed E-state index contributed by atoms with van der Waals surface area (Å²) in [5, 5.41) is 14.8. The van der Waals surface area contributed by atoms with Gasteiger partial charge in [0.15, 0.2) is 0 Å². The highest BCUT2D eigenvalue weighted by molar-refractivity contribution is 9.10. The van der Waals surface area contributed by atoms with E-state index in [9.17, 15) is 0 Å². The maximum atomic E-state index is 9.10. The third kappa shape index (κ3) is 7.07. The second-order valence-corrected chi connectivity index (χ2v) is 8.09. The molecule has 1 saturated carbocycles. The molecule has 156 valence electrons. The summed E-state index contributed by atoms with van der Waals surface area (Å²) in [5.74, 6) is -2.65. The molecule has 1 aliphatic heterocycles. The molecule has 7 nitrogen and oxygen atoms in total. The van der Waals surface area contributed by atoms with Crippen LogP contribution in [0, 0.1) is 0 Å². The third-order valence-corrected chi connectivity index (χ3v) is 5.81. The molecule has 0 unspecified atom stereocenters. The van der Waals surface area contributed by atoms with E-state index in [1.54, 1.807) is 7.11 Å². The van der Waals surface area contributed by atoms with Gasteiger partial charge in [0.2, 0.25) is 0 Å². The zero-order valence-electron chi connectivity index (χ0n) is 16.3. The Morgan fingerprint density at radius 2 is 1.68 bits per heavy atom. The molecule has 0 aromatic heterocycles. The van der Waals surface area contributed by atoms with E-state index in [-0.39, 0.29) is 0 Å². The Labute approximate surface area is 174 Å². The highest BCUT2D eigenvalue weighted by atomic mass is 79.9. The minimum absolute atomic E-state index is 0.858. The predicted octanol–water partition coefficient (Wildman–Crippen LogP) is 3.06. The average Bonchev–Trinajstić information content (AvgIpc) is 2.70. The highest BCUT2D eigenvalue weighted by Crippen LogP contribution is 2.26. The third-order valence-electron chi connectivity index (χ3n) is 5.32. The maximum absolute atomic E-state index is 9.10. The molecule has 3 rings (SSSR count). The summed E-state index contributed by atoms with van der Waals surface area (Å²) in [6.07, 6.45) is 7.14. The van der Waals surface area contributed by atoms with Crippen LogP contribution < -0.4 is 4.74 Å². The van der Waals surface area contributed by atoms with Crippen molar-refractivity contribution in [2.45, 2.75) is 44.7 Å². The molecule has 0 radical (unpaired) electrons. The lowest BCUT2D eigenvalue weighted by Gasteiger charge is -2.40. The number of carboxylic acids is 2. The van der Waals surface area contributed by atoms with Crippen LogP contribution in [-0.4, -0.2) is 71.3 Å². The summed E-state index contributed by atoms with van der Waals surface area (Å²) in [5.41, 5.74) is 1.28. The molecule has 28 heavy (non-hydrogen) atoms. The number of benzene rings is 1. The number of methoxy groups -OCH3 is 1. The minimum Gasteiger partial charge on any atom is -0.496 e. The number of carbonyl (C=O) groups is 2. The fourth-order valence-corrected chi connectivity index (χ4v) is 4.25. The molecule has 1 aliphatic carbocycles. The molecule has 2 fully saturated rings. The van der Waals surface area contributed by atoms with E-state index in [4.69, 9.17) is 24.5 Å². The van der Waals surface area contributed by atoms with Gasteiger partial charge < -0.3 is 14.9 Å². The normalized spacial score (nSPS) is 18.8. The lowest BCUT2D eigenvalue weighted by molar-refractivity contribution is -0.159. The van der Waals surface area contributed by atoms with E-state index < -0.39 is 11.9 Å². The SMILES string of the molecule is COc1ccc(Br)cc1CN1CCN(C2CCCCC2)CC1.O=C(O)C(=O)O. The zero-order chi connectivity index (χ0) is 20.5. The van der Waals surface area contributed by atoms with Crippen molar-refractivity contribution in [1.29, 1.82) is 0 Å². The first-order chi connectivity index (χ1) is 13.4. The van der Waals surface area contributed by atoms with Crippen molar-refractivity contribution in [1.82, 2.24) is 9.80 Å². The zero-order valence-corrected chi connectivity index (χ0v) is 17.9. The van der Waals surface area contributed by atoms with Crippen LogP contribution in [0.25, 0.3) is 0 Å². The molecule has 2 N–H and O–H groups in total. The number of carboxylic acid groups (broad SMARTS) is 2. The van der Waals surface area contributed by atoms with E-state index in [1.165, 1.54) is 63.8 Å². The quantitative estimate of drug-likeness (QED) is 0.672. The molecular formula is C20H29BrN2O5. The van der Waals surface area contributed by atoms with Crippen molar-refractivity contribution >= 4 is 27.9 Å². The molecule has 0 amide bonds. The summed E-state index contributed by atoms with van der Waals surface area (Å²) in [6, 6.07) is 7.14. The molecular weight excluding hydrogens is 428 g/mol. The smallest absolute Gasteiger partial charge is 0.414 e. The Morgan fingerprint density at radius 3 is 2.21 bits per heavy atom. The molecule has 0 atom stereocenters. The van der Waals surface area contributed by atoms with Gasteiger partial charge in [-0.15, -0.1) is 0 Å². The number of piperazine rings is 1. The van der Waals surface area contributed by atoms with Crippen LogP contribution in [0.3, 0.4) is 0 Å².